The van der Waals surface area contributed by atoms with Gasteiger partial charge in [-0.1, -0.05) is 24.6 Å². The third-order valence-electron chi connectivity index (χ3n) is 2.49. The molecule has 1 aromatic rings. The fourth-order valence-corrected chi connectivity index (χ4v) is 2.03. The van der Waals surface area contributed by atoms with Crippen LogP contribution in [0.1, 0.15) is 34.1 Å². The molecule has 0 N–H and O–H groups in total. The van der Waals surface area contributed by atoms with Gasteiger partial charge in [-0.05, 0) is 33.3 Å². The van der Waals surface area contributed by atoms with E-state index in [1.165, 1.54) is 23.1 Å². The molecule has 116 valence electrons. The van der Waals surface area contributed by atoms with Gasteiger partial charge in [0.25, 0.3) is 5.69 Å². The fraction of sp³-hybridized carbons (Fsp3) is 0.500. The topological polar surface area (TPSA) is 72.7 Å². The number of nitrogens with zero attached hydrogens (tertiary/aromatic N) is 2. The van der Waals surface area contributed by atoms with E-state index < -0.39 is 16.6 Å². The number of hydrogen-bond acceptors (Lipinski definition) is 4. The molecule has 0 aliphatic rings. The first-order valence-electron chi connectivity index (χ1n) is 6.60. The minimum atomic E-state index is -0.695. The molecule has 0 aliphatic heterocycles. The first-order chi connectivity index (χ1) is 9.67. The molecule has 0 saturated heterocycles. The number of amides is 1. The van der Waals surface area contributed by atoms with Crippen LogP contribution >= 0.6 is 11.6 Å². The number of nitro benzene ring substituents is 1. The Kier molecular flexibility index (Phi) is 5.54. The van der Waals surface area contributed by atoms with E-state index in [1.54, 1.807) is 20.8 Å². The fourth-order valence-electron chi connectivity index (χ4n) is 1.75. The van der Waals surface area contributed by atoms with Gasteiger partial charge in [0.15, 0.2) is 0 Å². The molecular weight excluding hydrogens is 296 g/mol. The first kappa shape index (κ1) is 17.2. The van der Waals surface area contributed by atoms with E-state index in [4.69, 9.17) is 16.3 Å². The summed E-state index contributed by atoms with van der Waals surface area (Å²) in [7, 11) is 0. The lowest BCUT2D eigenvalue weighted by Gasteiger charge is -2.27. The number of halogens is 1. The van der Waals surface area contributed by atoms with Gasteiger partial charge in [0.1, 0.15) is 11.3 Å². The largest absolute Gasteiger partial charge is 0.443 e. The predicted molar refractivity (Wildman–Crippen MR) is 82.0 cm³/mol. The van der Waals surface area contributed by atoms with Crippen molar-refractivity contribution in [3.63, 3.8) is 0 Å². The summed E-state index contributed by atoms with van der Waals surface area (Å²) in [6, 6.07) is 4.30. The van der Waals surface area contributed by atoms with Crippen molar-refractivity contribution >= 4 is 29.1 Å². The van der Waals surface area contributed by atoms with Gasteiger partial charge in [-0.25, -0.2) is 4.79 Å². The monoisotopic (exact) mass is 314 g/mol. The maximum absolute atomic E-state index is 12.3. The van der Waals surface area contributed by atoms with Gasteiger partial charge in [0.2, 0.25) is 0 Å². The number of ether oxygens (including phenoxy) is 1. The number of benzene rings is 1. The number of carbonyl (C=O) groups excluding carboxylic acids is 1. The van der Waals surface area contributed by atoms with Crippen molar-refractivity contribution in [2.75, 3.05) is 11.4 Å². The van der Waals surface area contributed by atoms with Crippen molar-refractivity contribution in [3.05, 3.63) is 33.3 Å². The molecule has 0 atom stereocenters. The molecule has 0 heterocycles. The standard InChI is InChI=1S/C14H19ClN2O4/c1-5-9-16(13(18)21-14(2,3)4)12-10(15)7-6-8-11(12)17(19)20/h6-8H,5,9H2,1-4H3. The summed E-state index contributed by atoms with van der Waals surface area (Å²) >= 11 is 6.07. The van der Waals surface area contributed by atoms with Crippen molar-refractivity contribution in [1.82, 2.24) is 0 Å². The van der Waals surface area contributed by atoms with E-state index in [0.717, 1.165) is 0 Å². The molecule has 0 bridgehead atoms. The lowest BCUT2D eigenvalue weighted by Crippen LogP contribution is -2.37. The SMILES string of the molecule is CCCN(C(=O)OC(C)(C)C)c1c(Cl)cccc1[N+](=O)[O-]. The van der Waals surface area contributed by atoms with Crippen LogP contribution in [0.5, 0.6) is 0 Å². The lowest BCUT2D eigenvalue weighted by atomic mass is 10.2. The molecule has 0 aliphatic carbocycles. The molecule has 1 rings (SSSR count). The van der Waals surface area contributed by atoms with E-state index >= 15 is 0 Å². The highest BCUT2D eigenvalue weighted by Crippen LogP contribution is 2.36. The van der Waals surface area contributed by atoms with Gasteiger partial charge >= 0.3 is 6.09 Å². The molecule has 21 heavy (non-hydrogen) atoms. The van der Waals surface area contributed by atoms with E-state index in [9.17, 15) is 14.9 Å². The van der Waals surface area contributed by atoms with Gasteiger partial charge in [0, 0.05) is 12.6 Å². The van der Waals surface area contributed by atoms with E-state index in [1.807, 2.05) is 6.92 Å². The summed E-state index contributed by atoms with van der Waals surface area (Å²) in [5, 5.41) is 11.3. The predicted octanol–water partition coefficient (Wildman–Crippen LogP) is 4.40. The zero-order valence-corrected chi connectivity index (χ0v) is 13.3. The van der Waals surface area contributed by atoms with Crippen molar-refractivity contribution in [3.8, 4) is 0 Å². The van der Waals surface area contributed by atoms with E-state index in [2.05, 4.69) is 0 Å². The molecular formula is C14H19ClN2O4. The average Bonchev–Trinajstić information content (AvgIpc) is 2.33. The Morgan fingerprint density at radius 1 is 1.43 bits per heavy atom. The summed E-state index contributed by atoms with van der Waals surface area (Å²) in [4.78, 5) is 24.1. The summed E-state index contributed by atoms with van der Waals surface area (Å²) < 4.78 is 5.30. The Morgan fingerprint density at radius 2 is 2.05 bits per heavy atom. The number of rotatable bonds is 4. The Labute approximate surface area is 128 Å². The normalized spacial score (nSPS) is 11.1. The first-order valence-corrected chi connectivity index (χ1v) is 6.98. The number of nitro groups is 1. The minimum Gasteiger partial charge on any atom is -0.443 e. The molecule has 0 saturated carbocycles. The van der Waals surface area contributed by atoms with E-state index in [0.29, 0.717) is 6.42 Å². The molecule has 0 unspecified atom stereocenters. The highest BCUT2D eigenvalue weighted by molar-refractivity contribution is 6.34. The van der Waals surface area contributed by atoms with Crippen molar-refractivity contribution < 1.29 is 14.5 Å². The molecule has 7 heteroatoms. The van der Waals surface area contributed by atoms with Crippen LogP contribution in [-0.2, 0) is 4.74 Å². The van der Waals surface area contributed by atoms with Crippen LogP contribution in [0.2, 0.25) is 5.02 Å². The third-order valence-corrected chi connectivity index (χ3v) is 2.80. The lowest BCUT2D eigenvalue weighted by molar-refractivity contribution is -0.384. The number of hydrogen-bond donors (Lipinski definition) is 0. The van der Waals surface area contributed by atoms with Crippen LogP contribution in [0.3, 0.4) is 0 Å². The van der Waals surface area contributed by atoms with Crippen LogP contribution in [0.25, 0.3) is 0 Å². The second-order valence-electron chi connectivity index (χ2n) is 5.50. The molecule has 0 aromatic heterocycles. The van der Waals surface area contributed by atoms with Crippen molar-refractivity contribution in [2.24, 2.45) is 0 Å². The zero-order valence-electron chi connectivity index (χ0n) is 12.6. The minimum absolute atomic E-state index is 0.0697. The molecule has 0 radical (unpaired) electrons. The van der Waals surface area contributed by atoms with Crippen LogP contribution < -0.4 is 4.90 Å². The van der Waals surface area contributed by atoms with Crippen LogP contribution in [0.4, 0.5) is 16.2 Å². The molecule has 1 aromatic carbocycles. The molecule has 6 nitrogen and oxygen atoms in total. The quantitative estimate of drug-likeness (QED) is 0.610. The number of para-hydroxylation sites is 1. The van der Waals surface area contributed by atoms with Crippen molar-refractivity contribution in [2.45, 2.75) is 39.7 Å². The highest BCUT2D eigenvalue weighted by Gasteiger charge is 2.30. The second-order valence-corrected chi connectivity index (χ2v) is 5.90. The van der Waals surface area contributed by atoms with Crippen LogP contribution in [-0.4, -0.2) is 23.2 Å². The molecule has 1 amide bonds. The molecule has 0 fully saturated rings. The Hall–Kier alpha value is -1.82. The smallest absolute Gasteiger partial charge is 0.415 e. The summed E-state index contributed by atoms with van der Waals surface area (Å²) in [6.07, 6.45) is -0.0395. The van der Waals surface area contributed by atoms with Crippen molar-refractivity contribution in [1.29, 1.82) is 0 Å². The summed E-state index contributed by atoms with van der Waals surface area (Å²) in [6.45, 7) is 7.33. The Balaban J connectivity index is 3.29. The Bertz CT molecular complexity index is 540. The van der Waals surface area contributed by atoms with Gasteiger partial charge in [-0.3, -0.25) is 15.0 Å². The number of anilines is 1. The Morgan fingerprint density at radius 3 is 2.52 bits per heavy atom. The summed E-state index contributed by atoms with van der Waals surface area (Å²) in [5.74, 6) is 0. The van der Waals surface area contributed by atoms with Crippen LogP contribution in [0.15, 0.2) is 18.2 Å². The van der Waals surface area contributed by atoms with E-state index in [-0.39, 0.29) is 22.9 Å². The molecule has 0 spiro atoms. The van der Waals surface area contributed by atoms with Gasteiger partial charge < -0.3 is 4.74 Å². The average molecular weight is 315 g/mol. The summed E-state index contributed by atoms with van der Waals surface area (Å²) in [5.41, 5.74) is -0.846. The number of carbonyl (C=O) groups is 1. The van der Waals surface area contributed by atoms with Crippen LogP contribution in [0, 0.1) is 10.1 Å². The second kappa shape index (κ2) is 6.76. The third kappa shape index (κ3) is 4.60. The van der Waals surface area contributed by atoms with Gasteiger partial charge in [0.05, 0.1) is 9.95 Å². The maximum atomic E-state index is 12.3. The maximum Gasteiger partial charge on any atom is 0.415 e. The van der Waals surface area contributed by atoms with Gasteiger partial charge in [-0.15, -0.1) is 0 Å². The highest BCUT2D eigenvalue weighted by atomic mass is 35.5. The van der Waals surface area contributed by atoms with Gasteiger partial charge in [-0.2, -0.15) is 0 Å². The zero-order chi connectivity index (χ0) is 16.2.